The van der Waals surface area contributed by atoms with Gasteiger partial charge in [0.05, 0.1) is 0 Å². The molecule has 0 saturated carbocycles. The summed E-state index contributed by atoms with van der Waals surface area (Å²) in [5.74, 6) is -0.654. The van der Waals surface area contributed by atoms with Crippen LogP contribution in [-0.2, 0) is 14.3 Å². The minimum atomic E-state index is -0.506. The number of ether oxygens (including phenoxy) is 1. The Hall–Kier alpha value is -3.88. The third kappa shape index (κ3) is 8.31. The van der Waals surface area contributed by atoms with Crippen LogP contribution in [-0.4, -0.2) is 50.1 Å². The maximum atomic E-state index is 13.0. The first-order valence-corrected chi connectivity index (χ1v) is 14.4. The lowest BCUT2D eigenvalue weighted by Crippen LogP contribution is -2.26. The highest BCUT2D eigenvalue weighted by atomic mass is 16.5. The van der Waals surface area contributed by atoms with Crippen LogP contribution in [0.5, 0.6) is 0 Å². The number of alkyl carbamates (subject to hydrolysis) is 1. The van der Waals surface area contributed by atoms with Gasteiger partial charge < -0.3 is 26.0 Å². The van der Waals surface area contributed by atoms with Crippen molar-refractivity contribution in [1.29, 1.82) is 0 Å². The fourth-order valence-corrected chi connectivity index (χ4v) is 4.87. The molecule has 0 fully saturated rings. The van der Waals surface area contributed by atoms with Gasteiger partial charge in [-0.05, 0) is 66.6 Å². The number of hydrogen-bond donors (Lipinski definition) is 4. The second-order valence-corrected chi connectivity index (χ2v) is 9.97. The predicted octanol–water partition coefficient (Wildman–Crippen LogP) is 5.10. The van der Waals surface area contributed by atoms with Gasteiger partial charge in [0, 0.05) is 49.6 Å². The van der Waals surface area contributed by atoms with Crippen molar-refractivity contribution in [1.82, 2.24) is 16.0 Å². The summed E-state index contributed by atoms with van der Waals surface area (Å²) < 4.78 is 5.51. The largest absolute Gasteiger partial charge is 0.449 e. The number of carbonyl (C=O) groups excluding carboxylic acids is 4. The smallest absolute Gasteiger partial charge is 0.407 e. The van der Waals surface area contributed by atoms with E-state index in [-0.39, 0.29) is 36.7 Å². The maximum absolute atomic E-state index is 13.0. The standard InChI is InChI=1S/C31H42N4O5/c1-4-7-8-18-33-27(36)13-10-14-28(37)35-21-15-16-23-25(19-21)26(20-40-31(39)32-6-3)22-11-9-12-24(29(22)23)30(38)34-17-5-2/h9,11-12,15-16,19,26H,4-8,10,13-14,17-18,20H2,1-3H3,(H,32,39)(H,33,36)(H,34,38)(H,35,37). The normalized spacial score (nSPS) is 13.1. The molecule has 0 saturated heterocycles. The summed E-state index contributed by atoms with van der Waals surface area (Å²) in [6, 6.07) is 11.2. The van der Waals surface area contributed by atoms with Crippen LogP contribution in [0.3, 0.4) is 0 Å². The van der Waals surface area contributed by atoms with Gasteiger partial charge in [-0.15, -0.1) is 0 Å². The first-order valence-electron chi connectivity index (χ1n) is 14.4. The van der Waals surface area contributed by atoms with Gasteiger partial charge in [-0.3, -0.25) is 14.4 Å². The van der Waals surface area contributed by atoms with E-state index >= 15 is 0 Å². The fraction of sp³-hybridized carbons (Fsp3) is 0.484. The molecule has 9 nitrogen and oxygen atoms in total. The van der Waals surface area contributed by atoms with Crippen molar-refractivity contribution in [3.8, 4) is 11.1 Å². The summed E-state index contributed by atoms with van der Waals surface area (Å²) in [4.78, 5) is 49.7. The van der Waals surface area contributed by atoms with Crippen LogP contribution in [0.2, 0.25) is 0 Å². The minimum Gasteiger partial charge on any atom is -0.449 e. The van der Waals surface area contributed by atoms with E-state index < -0.39 is 6.09 Å². The molecule has 1 unspecified atom stereocenters. The van der Waals surface area contributed by atoms with Crippen LogP contribution in [0.4, 0.5) is 10.5 Å². The molecule has 40 heavy (non-hydrogen) atoms. The average Bonchev–Trinajstić information content (AvgIpc) is 3.25. The lowest BCUT2D eigenvalue weighted by molar-refractivity contribution is -0.121. The Morgan fingerprint density at radius 2 is 1.60 bits per heavy atom. The first kappa shape index (κ1) is 30.7. The van der Waals surface area contributed by atoms with Crippen molar-refractivity contribution in [3.05, 3.63) is 53.1 Å². The van der Waals surface area contributed by atoms with Crippen molar-refractivity contribution < 1.29 is 23.9 Å². The number of amides is 4. The van der Waals surface area contributed by atoms with Crippen LogP contribution in [0, 0.1) is 0 Å². The zero-order valence-electron chi connectivity index (χ0n) is 23.9. The molecule has 0 aliphatic heterocycles. The number of unbranched alkanes of at least 4 members (excludes halogenated alkanes) is 2. The summed E-state index contributed by atoms with van der Waals surface area (Å²) in [6.07, 6.45) is 4.46. The van der Waals surface area contributed by atoms with Crippen LogP contribution in [0.15, 0.2) is 36.4 Å². The number of carbonyl (C=O) groups is 4. The van der Waals surface area contributed by atoms with Gasteiger partial charge in [0.25, 0.3) is 5.91 Å². The van der Waals surface area contributed by atoms with E-state index in [1.54, 1.807) is 6.07 Å². The molecule has 1 aliphatic carbocycles. The average molecular weight is 551 g/mol. The van der Waals surface area contributed by atoms with E-state index in [1.165, 1.54) is 0 Å². The number of anilines is 1. The molecule has 0 bridgehead atoms. The highest BCUT2D eigenvalue weighted by Crippen LogP contribution is 2.47. The van der Waals surface area contributed by atoms with Gasteiger partial charge in [-0.1, -0.05) is 44.9 Å². The molecule has 9 heteroatoms. The van der Waals surface area contributed by atoms with Crippen molar-refractivity contribution in [2.24, 2.45) is 0 Å². The van der Waals surface area contributed by atoms with E-state index in [9.17, 15) is 19.2 Å². The molecule has 0 aromatic heterocycles. The Labute approximate surface area is 236 Å². The molecular weight excluding hydrogens is 508 g/mol. The molecule has 1 aliphatic rings. The summed E-state index contributed by atoms with van der Waals surface area (Å²) in [6.45, 7) is 7.72. The maximum Gasteiger partial charge on any atom is 0.407 e. The minimum absolute atomic E-state index is 0.0343. The highest BCUT2D eigenvalue weighted by molar-refractivity contribution is 6.04. The first-order chi connectivity index (χ1) is 19.4. The van der Waals surface area contributed by atoms with E-state index in [2.05, 4.69) is 28.2 Å². The van der Waals surface area contributed by atoms with Gasteiger partial charge in [0.15, 0.2) is 0 Å². The van der Waals surface area contributed by atoms with E-state index in [0.717, 1.165) is 47.9 Å². The summed E-state index contributed by atoms with van der Waals surface area (Å²) in [5.41, 5.74) is 4.65. The number of benzene rings is 2. The number of nitrogens with one attached hydrogen (secondary N) is 4. The Morgan fingerprint density at radius 1 is 0.800 bits per heavy atom. The molecule has 216 valence electrons. The van der Waals surface area contributed by atoms with Gasteiger partial charge in [0.1, 0.15) is 6.61 Å². The second kappa shape index (κ2) is 15.6. The lowest BCUT2D eigenvalue weighted by Gasteiger charge is -2.15. The predicted molar refractivity (Wildman–Crippen MR) is 156 cm³/mol. The molecule has 0 heterocycles. The monoisotopic (exact) mass is 550 g/mol. The topological polar surface area (TPSA) is 126 Å². The molecule has 2 aromatic rings. The van der Waals surface area contributed by atoms with E-state index in [1.807, 2.05) is 44.2 Å². The molecule has 2 aromatic carbocycles. The lowest BCUT2D eigenvalue weighted by atomic mass is 9.96. The molecule has 0 radical (unpaired) electrons. The fourth-order valence-electron chi connectivity index (χ4n) is 4.87. The number of rotatable bonds is 15. The van der Waals surface area contributed by atoms with Gasteiger partial charge >= 0.3 is 6.09 Å². The van der Waals surface area contributed by atoms with Crippen molar-refractivity contribution in [2.45, 2.75) is 71.6 Å². The van der Waals surface area contributed by atoms with Gasteiger partial charge in [-0.25, -0.2) is 4.79 Å². The highest BCUT2D eigenvalue weighted by Gasteiger charge is 2.33. The molecule has 4 N–H and O–H groups in total. The molecule has 1 atom stereocenters. The van der Waals surface area contributed by atoms with Crippen LogP contribution in [0.25, 0.3) is 11.1 Å². The van der Waals surface area contributed by atoms with Crippen LogP contribution >= 0.6 is 0 Å². The molecular formula is C31H42N4O5. The van der Waals surface area contributed by atoms with Gasteiger partial charge in [0.2, 0.25) is 11.8 Å². The molecule has 0 spiro atoms. The van der Waals surface area contributed by atoms with Crippen LogP contribution < -0.4 is 21.3 Å². The molecule has 3 rings (SSSR count). The van der Waals surface area contributed by atoms with Crippen molar-refractivity contribution >= 4 is 29.5 Å². The summed E-state index contributed by atoms with van der Waals surface area (Å²) in [7, 11) is 0. The quantitative estimate of drug-likeness (QED) is 0.230. The van der Waals surface area contributed by atoms with Crippen molar-refractivity contribution in [3.63, 3.8) is 0 Å². The zero-order chi connectivity index (χ0) is 28.9. The zero-order valence-corrected chi connectivity index (χ0v) is 23.9. The van der Waals surface area contributed by atoms with Crippen molar-refractivity contribution in [2.75, 3.05) is 31.6 Å². The van der Waals surface area contributed by atoms with Gasteiger partial charge in [-0.2, -0.15) is 0 Å². The Bertz CT molecular complexity index is 1200. The number of fused-ring (bicyclic) bond motifs is 3. The number of hydrogen-bond acceptors (Lipinski definition) is 5. The SMILES string of the molecule is CCCCCNC(=O)CCCC(=O)Nc1ccc2c(c1)C(COC(=O)NCC)c1cccc(C(=O)NCCC)c1-2. The Kier molecular flexibility index (Phi) is 12.0. The second-order valence-electron chi connectivity index (χ2n) is 9.97. The summed E-state index contributed by atoms with van der Waals surface area (Å²) >= 11 is 0. The third-order valence-corrected chi connectivity index (χ3v) is 6.84. The van der Waals surface area contributed by atoms with Crippen LogP contribution in [0.1, 0.15) is 93.1 Å². The molecule has 4 amide bonds. The van der Waals surface area contributed by atoms with E-state index in [0.29, 0.717) is 43.7 Å². The Morgan fingerprint density at radius 3 is 2.35 bits per heavy atom. The Balaban J connectivity index is 1.74. The third-order valence-electron chi connectivity index (χ3n) is 6.84. The summed E-state index contributed by atoms with van der Waals surface area (Å²) in [5, 5.41) is 11.4. The van der Waals surface area contributed by atoms with E-state index in [4.69, 9.17) is 4.74 Å².